The zero-order valence-electron chi connectivity index (χ0n) is 10.3. The van der Waals surface area contributed by atoms with Crippen LogP contribution >= 0.6 is 0 Å². The van der Waals surface area contributed by atoms with E-state index < -0.39 is 5.69 Å². The van der Waals surface area contributed by atoms with E-state index in [4.69, 9.17) is 4.42 Å². The minimum Gasteiger partial charge on any atom is -0.467 e. The first kappa shape index (κ1) is 11.5. The number of benzene rings is 1. The van der Waals surface area contributed by atoms with Crippen LogP contribution in [0.15, 0.2) is 50.6 Å². The molecule has 19 heavy (non-hydrogen) atoms. The first-order chi connectivity index (χ1) is 9.16. The average Bonchev–Trinajstić information content (AvgIpc) is 2.89. The molecule has 0 radical (unpaired) electrons. The van der Waals surface area contributed by atoms with Crippen LogP contribution in [0, 0.1) is 6.92 Å². The number of H-pyrrole nitrogens is 1. The minimum atomic E-state index is -0.428. The number of aromatic amines is 1. The number of nitrogens with zero attached hydrogens (tertiary/aromatic N) is 1. The van der Waals surface area contributed by atoms with Crippen molar-refractivity contribution in [3.63, 3.8) is 0 Å². The standard InChI is InChI=1S/C14H12N2O3/c1-9-4-2-6-11-12(9)15-14(18)16(13(11)17)8-10-5-3-7-19-10/h2-7H,8H2,1H3,(H,15,18). The third-order valence-corrected chi connectivity index (χ3v) is 3.12. The predicted octanol–water partition coefficient (Wildman–Crippen LogP) is 1.64. The van der Waals surface area contributed by atoms with Crippen molar-refractivity contribution in [2.24, 2.45) is 0 Å². The van der Waals surface area contributed by atoms with E-state index in [1.165, 1.54) is 6.26 Å². The number of rotatable bonds is 2. The van der Waals surface area contributed by atoms with Crippen molar-refractivity contribution in [1.82, 2.24) is 9.55 Å². The summed E-state index contributed by atoms with van der Waals surface area (Å²) in [6.07, 6.45) is 1.51. The molecule has 0 aliphatic heterocycles. The molecule has 0 spiro atoms. The summed E-state index contributed by atoms with van der Waals surface area (Å²) in [5, 5.41) is 0.506. The number of para-hydroxylation sites is 1. The summed E-state index contributed by atoms with van der Waals surface area (Å²) >= 11 is 0. The average molecular weight is 256 g/mol. The van der Waals surface area contributed by atoms with Gasteiger partial charge in [-0.2, -0.15) is 0 Å². The molecule has 2 aromatic heterocycles. The number of aromatic nitrogens is 2. The highest BCUT2D eigenvalue weighted by atomic mass is 16.3. The SMILES string of the molecule is Cc1cccc2c(=O)n(Cc3ccco3)c(=O)[nH]c12. The van der Waals surface area contributed by atoms with E-state index in [0.29, 0.717) is 16.7 Å². The van der Waals surface area contributed by atoms with Gasteiger partial charge in [0.05, 0.1) is 23.7 Å². The fourth-order valence-electron chi connectivity index (χ4n) is 2.13. The molecule has 3 rings (SSSR count). The highest BCUT2D eigenvalue weighted by Gasteiger charge is 2.10. The molecule has 96 valence electrons. The second kappa shape index (κ2) is 4.28. The third-order valence-electron chi connectivity index (χ3n) is 3.12. The summed E-state index contributed by atoms with van der Waals surface area (Å²) in [6, 6.07) is 8.81. The molecule has 0 saturated heterocycles. The molecule has 2 heterocycles. The Labute approximate surface area is 108 Å². The van der Waals surface area contributed by atoms with Crippen molar-refractivity contribution >= 4 is 10.9 Å². The van der Waals surface area contributed by atoms with Crippen LogP contribution in [0.2, 0.25) is 0 Å². The van der Waals surface area contributed by atoms with Crippen molar-refractivity contribution in [1.29, 1.82) is 0 Å². The van der Waals surface area contributed by atoms with Crippen molar-refractivity contribution in [3.8, 4) is 0 Å². The van der Waals surface area contributed by atoms with Gasteiger partial charge in [0.15, 0.2) is 0 Å². The van der Waals surface area contributed by atoms with Crippen LogP contribution in [0.4, 0.5) is 0 Å². The van der Waals surface area contributed by atoms with Gasteiger partial charge in [-0.25, -0.2) is 4.79 Å². The lowest BCUT2D eigenvalue weighted by Crippen LogP contribution is -2.35. The van der Waals surface area contributed by atoms with Crippen LogP contribution in [0.1, 0.15) is 11.3 Å². The third kappa shape index (κ3) is 1.89. The monoisotopic (exact) mass is 256 g/mol. The fourth-order valence-corrected chi connectivity index (χ4v) is 2.13. The maximum absolute atomic E-state index is 12.3. The van der Waals surface area contributed by atoms with E-state index in [1.54, 1.807) is 24.3 Å². The molecule has 0 bridgehead atoms. The summed E-state index contributed by atoms with van der Waals surface area (Å²) in [7, 11) is 0. The second-order valence-corrected chi connectivity index (χ2v) is 4.40. The number of fused-ring (bicyclic) bond motifs is 1. The lowest BCUT2D eigenvalue weighted by atomic mass is 10.1. The Morgan fingerprint density at radius 3 is 2.79 bits per heavy atom. The number of hydrogen-bond acceptors (Lipinski definition) is 3. The van der Waals surface area contributed by atoms with Crippen molar-refractivity contribution in [2.75, 3.05) is 0 Å². The van der Waals surface area contributed by atoms with Gasteiger partial charge in [0, 0.05) is 0 Å². The lowest BCUT2D eigenvalue weighted by molar-refractivity contribution is 0.485. The van der Waals surface area contributed by atoms with E-state index in [9.17, 15) is 9.59 Å². The first-order valence-corrected chi connectivity index (χ1v) is 5.91. The molecule has 0 atom stereocenters. The van der Waals surface area contributed by atoms with Gasteiger partial charge in [0.1, 0.15) is 5.76 Å². The number of aryl methyl sites for hydroxylation is 1. The highest BCUT2D eigenvalue weighted by Crippen LogP contribution is 2.10. The van der Waals surface area contributed by atoms with Gasteiger partial charge in [0.25, 0.3) is 5.56 Å². The van der Waals surface area contributed by atoms with Crippen molar-refractivity contribution in [2.45, 2.75) is 13.5 Å². The van der Waals surface area contributed by atoms with E-state index in [0.717, 1.165) is 10.1 Å². The van der Waals surface area contributed by atoms with Gasteiger partial charge < -0.3 is 9.40 Å². The Morgan fingerprint density at radius 2 is 2.05 bits per heavy atom. The van der Waals surface area contributed by atoms with Crippen molar-refractivity contribution < 1.29 is 4.42 Å². The Balaban J connectivity index is 2.27. The quantitative estimate of drug-likeness (QED) is 0.757. The van der Waals surface area contributed by atoms with Gasteiger partial charge in [-0.3, -0.25) is 9.36 Å². The van der Waals surface area contributed by atoms with Gasteiger partial charge in [-0.15, -0.1) is 0 Å². The summed E-state index contributed by atoms with van der Waals surface area (Å²) in [4.78, 5) is 27.1. The van der Waals surface area contributed by atoms with Crippen LogP contribution in [-0.2, 0) is 6.54 Å². The first-order valence-electron chi connectivity index (χ1n) is 5.91. The Kier molecular flexibility index (Phi) is 2.59. The Hall–Kier alpha value is -2.56. The molecule has 0 unspecified atom stereocenters. The van der Waals surface area contributed by atoms with Crippen molar-refractivity contribution in [3.05, 3.63) is 68.8 Å². The summed E-state index contributed by atoms with van der Waals surface area (Å²) in [5.41, 5.74) is 0.729. The van der Waals surface area contributed by atoms with Gasteiger partial charge in [0.2, 0.25) is 0 Å². The summed E-state index contributed by atoms with van der Waals surface area (Å²) in [5.74, 6) is 0.569. The van der Waals surface area contributed by atoms with E-state index >= 15 is 0 Å². The molecular formula is C14H12N2O3. The summed E-state index contributed by atoms with van der Waals surface area (Å²) < 4.78 is 6.31. The molecule has 0 amide bonds. The molecule has 5 nitrogen and oxygen atoms in total. The summed E-state index contributed by atoms with van der Waals surface area (Å²) in [6.45, 7) is 1.99. The minimum absolute atomic E-state index is 0.130. The molecule has 0 saturated carbocycles. The maximum Gasteiger partial charge on any atom is 0.329 e. The molecule has 3 aromatic rings. The van der Waals surface area contributed by atoms with Gasteiger partial charge >= 0.3 is 5.69 Å². The Bertz CT molecular complexity index is 841. The molecule has 5 heteroatoms. The Morgan fingerprint density at radius 1 is 1.21 bits per heavy atom. The number of nitrogens with one attached hydrogen (secondary N) is 1. The number of hydrogen-bond donors (Lipinski definition) is 1. The zero-order valence-corrected chi connectivity index (χ0v) is 10.3. The van der Waals surface area contributed by atoms with Crippen LogP contribution in [0.5, 0.6) is 0 Å². The molecule has 1 aromatic carbocycles. The smallest absolute Gasteiger partial charge is 0.329 e. The molecular weight excluding hydrogens is 244 g/mol. The van der Waals surface area contributed by atoms with Crippen LogP contribution in [-0.4, -0.2) is 9.55 Å². The van der Waals surface area contributed by atoms with Crippen LogP contribution in [0.25, 0.3) is 10.9 Å². The van der Waals surface area contributed by atoms with E-state index in [2.05, 4.69) is 4.98 Å². The lowest BCUT2D eigenvalue weighted by Gasteiger charge is -2.06. The van der Waals surface area contributed by atoms with Gasteiger partial charge in [-0.1, -0.05) is 12.1 Å². The maximum atomic E-state index is 12.3. The molecule has 1 N–H and O–H groups in total. The fraction of sp³-hybridized carbons (Fsp3) is 0.143. The topological polar surface area (TPSA) is 68.0 Å². The number of furan rings is 1. The van der Waals surface area contributed by atoms with Crippen LogP contribution in [0.3, 0.4) is 0 Å². The normalized spacial score (nSPS) is 11.0. The molecule has 0 aliphatic rings. The molecule has 0 fully saturated rings. The van der Waals surface area contributed by atoms with Crippen LogP contribution < -0.4 is 11.2 Å². The highest BCUT2D eigenvalue weighted by molar-refractivity contribution is 5.80. The predicted molar refractivity (Wildman–Crippen MR) is 71.4 cm³/mol. The van der Waals surface area contributed by atoms with Gasteiger partial charge in [-0.05, 0) is 30.7 Å². The molecule has 0 aliphatic carbocycles. The largest absolute Gasteiger partial charge is 0.467 e. The second-order valence-electron chi connectivity index (χ2n) is 4.40. The van der Waals surface area contributed by atoms with E-state index in [1.807, 2.05) is 13.0 Å². The zero-order chi connectivity index (χ0) is 13.4. The van der Waals surface area contributed by atoms with E-state index in [-0.39, 0.29) is 12.1 Å².